The summed E-state index contributed by atoms with van der Waals surface area (Å²) in [7, 11) is 0. The summed E-state index contributed by atoms with van der Waals surface area (Å²) in [4.78, 5) is 16.4. The van der Waals surface area contributed by atoms with Crippen molar-refractivity contribution >= 4 is 5.97 Å². The van der Waals surface area contributed by atoms with Crippen LogP contribution in [-0.4, -0.2) is 22.7 Å². The number of hydrogen-bond acceptors (Lipinski definition) is 5. The van der Waals surface area contributed by atoms with Crippen LogP contribution < -0.4 is 0 Å². The summed E-state index contributed by atoms with van der Waals surface area (Å²) in [5.41, 5.74) is -0.308. The Morgan fingerprint density at radius 1 is 1.48 bits per heavy atom. The minimum Gasteiger partial charge on any atom is -0.465 e. The molecule has 21 heavy (non-hydrogen) atoms. The molecule has 1 fully saturated rings. The van der Waals surface area contributed by atoms with E-state index in [1.807, 2.05) is 0 Å². The number of carbonyl (C=O) groups is 1. The normalized spacial score (nSPS) is 16.3. The maximum atomic E-state index is 13.2. The second kappa shape index (κ2) is 5.27. The summed E-state index contributed by atoms with van der Waals surface area (Å²) < 4.78 is 23.6. The van der Waals surface area contributed by atoms with E-state index >= 15 is 0 Å². The molecule has 1 aliphatic carbocycles. The fourth-order valence-electron chi connectivity index (χ4n) is 2.47. The van der Waals surface area contributed by atoms with Gasteiger partial charge in [-0.05, 0) is 31.9 Å². The van der Waals surface area contributed by atoms with Gasteiger partial charge < -0.3 is 9.26 Å². The van der Waals surface area contributed by atoms with Crippen molar-refractivity contribution in [2.75, 3.05) is 6.61 Å². The molecule has 1 saturated carbocycles. The Kier molecular flexibility index (Phi) is 3.45. The zero-order valence-electron chi connectivity index (χ0n) is 11.6. The van der Waals surface area contributed by atoms with E-state index in [0.717, 1.165) is 6.42 Å². The number of hydrogen-bond donors (Lipinski definition) is 0. The number of rotatable bonds is 4. The third-order valence-corrected chi connectivity index (χ3v) is 3.79. The van der Waals surface area contributed by atoms with Crippen molar-refractivity contribution in [3.63, 3.8) is 0 Å². The van der Waals surface area contributed by atoms with Gasteiger partial charge in [-0.15, -0.1) is 0 Å². The Morgan fingerprint density at radius 3 is 2.90 bits per heavy atom. The standard InChI is InChI=1S/C15H15FN2O3/c1-2-20-14(19)15(7-4-8-15)13-17-12(18-21-13)10-5-3-6-11(16)9-10/h3,5-6,9H,2,4,7-8H2,1H3. The Labute approximate surface area is 121 Å². The quantitative estimate of drug-likeness (QED) is 0.810. The number of benzene rings is 1. The summed E-state index contributed by atoms with van der Waals surface area (Å²) in [5.74, 6) is -0.167. The second-order valence-electron chi connectivity index (χ2n) is 5.09. The van der Waals surface area contributed by atoms with E-state index in [9.17, 15) is 9.18 Å². The topological polar surface area (TPSA) is 65.2 Å². The van der Waals surface area contributed by atoms with E-state index in [-0.39, 0.29) is 23.5 Å². The van der Waals surface area contributed by atoms with Crippen molar-refractivity contribution in [3.05, 3.63) is 36.0 Å². The van der Waals surface area contributed by atoms with Gasteiger partial charge in [-0.2, -0.15) is 4.98 Å². The molecule has 0 unspecified atom stereocenters. The molecule has 1 aromatic carbocycles. The molecular weight excluding hydrogens is 275 g/mol. The average Bonchev–Trinajstić information content (AvgIpc) is 2.88. The fourth-order valence-corrected chi connectivity index (χ4v) is 2.47. The lowest BCUT2D eigenvalue weighted by atomic mass is 9.68. The third kappa shape index (κ3) is 2.30. The first kappa shape index (κ1) is 13.7. The van der Waals surface area contributed by atoms with Gasteiger partial charge in [0, 0.05) is 5.56 Å². The Bertz CT molecular complexity index is 664. The highest BCUT2D eigenvalue weighted by Gasteiger charge is 2.51. The number of esters is 1. The molecule has 5 nitrogen and oxygen atoms in total. The maximum Gasteiger partial charge on any atom is 0.321 e. The summed E-state index contributed by atoms with van der Waals surface area (Å²) >= 11 is 0. The molecule has 110 valence electrons. The second-order valence-corrected chi connectivity index (χ2v) is 5.09. The molecular formula is C15H15FN2O3. The van der Waals surface area contributed by atoms with E-state index in [1.54, 1.807) is 19.1 Å². The third-order valence-electron chi connectivity index (χ3n) is 3.79. The van der Waals surface area contributed by atoms with Gasteiger partial charge in [0.05, 0.1) is 6.61 Å². The molecule has 0 amide bonds. The molecule has 0 saturated heterocycles. The summed E-state index contributed by atoms with van der Waals surface area (Å²) in [6, 6.07) is 5.93. The first-order chi connectivity index (χ1) is 10.2. The van der Waals surface area contributed by atoms with Crippen LogP contribution in [0.4, 0.5) is 4.39 Å². The number of ether oxygens (including phenoxy) is 1. The lowest BCUT2D eigenvalue weighted by molar-refractivity contribution is -0.155. The van der Waals surface area contributed by atoms with Crippen molar-refractivity contribution < 1.29 is 18.4 Å². The van der Waals surface area contributed by atoms with Crippen molar-refractivity contribution in [2.45, 2.75) is 31.6 Å². The monoisotopic (exact) mass is 290 g/mol. The molecule has 0 N–H and O–H groups in total. The zero-order valence-corrected chi connectivity index (χ0v) is 11.6. The lowest BCUT2D eigenvalue weighted by Gasteiger charge is -2.35. The molecule has 0 aliphatic heterocycles. The van der Waals surface area contributed by atoms with Crippen LogP contribution in [0.2, 0.25) is 0 Å². The zero-order chi connectivity index (χ0) is 14.9. The van der Waals surface area contributed by atoms with Crippen molar-refractivity contribution in [3.8, 4) is 11.4 Å². The van der Waals surface area contributed by atoms with Crippen LogP contribution in [0.15, 0.2) is 28.8 Å². The predicted octanol–water partition coefficient (Wildman–Crippen LogP) is 2.86. The highest BCUT2D eigenvalue weighted by Crippen LogP contribution is 2.44. The van der Waals surface area contributed by atoms with Gasteiger partial charge in [0.1, 0.15) is 11.2 Å². The fraction of sp³-hybridized carbons (Fsp3) is 0.400. The molecule has 1 aliphatic rings. The van der Waals surface area contributed by atoms with E-state index < -0.39 is 5.41 Å². The summed E-state index contributed by atoms with van der Waals surface area (Å²) in [6.45, 7) is 2.07. The maximum absolute atomic E-state index is 13.2. The lowest BCUT2D eigenvalue weighted by Crippen LogP contribution is -2.44. The first-order valence-corrected chi connectivity index (χ1v) is 6.93. The van der Waals surface area contributed by atoms with Crippen LogP contribution in [-0.2, 0) is 14.9 Å². The molecule has 6 heteroatoms. The van der Waals surface area contributed by atoms with Crippen LogP contribution in [0.25, 0.3) is 11.4 Å². The average molecular weight is 290 g/mol. The van der Waals surface area contributed by atoms with Gasteiger partial charge in [0.2, 0.25) is 11.7 Å². The van der Waals surface area contributed by atoms with Gasteiger partial charge in [-0.3, -0.25) is 4.79 Å². The number of carbonyl (C=O) groups excluding carboxylic acids is 1. The molecule has 0 radical (unpaired) electrons. The van der Waals surface area contributed by atoms with Crippen molar-refractivity contribution in [2.24, 2.45) is 0 Å². The summed E-state index contributed by atoms with van der Waals surface area (Å²) in [6.07, 6.45) is 2.18. The van der Waals surface area contributed by atoms with E-state index in [1.165, 1.54) is 12.1 Å². The first-order valence-electron chi connectivity index (χ1n) is 6.93. The van der Waals surface area contributed by atoms with Gasteiger partial charge in [0.25, 0.3) is 0 Å². The van der Waals surface area contributed by atoms with Crippen LogP contribution in [0.1, 0.15) is 32.1 Å². The Hall–Kier alpha value is -2.24. The molecule has 0 spiro atoms. The Morgan fingerprint density at radius 2 is 2.29 bits per heavy atom. The number of nitrogens with zero attached hydrogens (tertiary/aromatic N) is 2. The van der Waals surface area contributed by atoms with Crippen molar-refractivity contribution in [1.82, 2.24) is 10.1 Å². The minimum atomic E-state index is -0.825. The van der Waals surface area contributed by atoms with E-state index in [0.29, 0.717) is 25.0 Å². The van der Waals surface area contributed by atoms with Crippen LogP contribution in [0, 0.1) is 5.82 Å². The molecule has 3 rings (SSSR count). The van der Waals surface area contributed by atoms with Gasteiger partial charge in [-0.25, -0.2) is 4.39 Å². The van der Waals surface area contributed by atoms with Crippen LogP contribution in [0.5, 0.6) is 0 Å². The van der Waals surface area contributed by atoms with E-state index in [4.69, 9.17) is 9.26 Å². The largest absolute Gasteiger partial charge is 0.465 e. The van der Waals surface area contributed by atoms with Gasteiger partial charge in [-0.1, -0.05) is 23.7 Å². The molecule has 1 heterocycles. The molecule has 2 aromatic rings. The number of aromatic nitrogens is 2. The number of halogens is 1. The molecule has 0 atom stereocenters. The van der Waals surface area contributed by atoms with E-state index in [2.05, 4.69) is 10.1 Å². The predicted molar refractivity (Wildman–Crippen MR) is 71.9 cm³/mol. The van der Waals surface area contributed by atoms with Gasteiger partial charge in [0.15, 0.2) is 0 Å². The van der Waals surface area contributed by atoms with Crippen LogP contribution >= 0.6 is 0 Å². The summed E-state index contributed by atoms with van der Waals surface area (Å²) in [5, 5.41) is 3.86. The van der Waals surface area contributed by atoms with Gasteiger partial charge >= 0.3 is 5.97 Å². The molecule has 1 aromatic heterocycles. The highest BCUT2D eigenvalue weighted by molar-refractivity contribution is 5.83. The Balaban J connectivity index is 1.92. The smallest absolute Gasteiger partial charge is 0.321 e. The molecule has 0 bridgehead atoms. The van der Waals surface area contributed by atoms with Crippen LogP contribution in [0.3, 0.4) is 0 Å². The highest BCUT2D eigenvalue weighted by atomic mass is 19.1. The van der Waals surface area contributed by atoms with Crippen molar-refractivity contribution in [1.29, 1.82) is 0 Å². The SMILES string of the molecule is CCOC(=O)C1(c2nc(-c3cccc(F)c3)no2)CCC1. The minimum absolute atomic E-state index is 0.256.